The summed E-state index contributed by atoms with van der Waals surface area (Å²) >= 11 is 1.88. The molecule has 0 rings (SSSR count). The SMILES string of the molecule is [CH2]C(CC[Si](C)(C)C)SC. The summed E-state index contributed by atoms with van der Waals surface area (Å²) in [7, 11) is -0.790. The molecule has 0 saturated carbocycles. The molecule has 0 N–H and O–H groups in total. The molecule has 0 aliphatic heterocycles. The van der Waals surface area contributed by atoms with E-state index in [0.717, 1.165) is 0 Å². The maximum atomic E-state index is 4.04. The summed E-state index contributed by atoms with van der Waals surface area (Å²) in [6, 6.07) is 1.42. The standard InChI is InChI=1S/C8H19SSi/c1-8(9-2)6-7-10(3,4)5/h8H,1,6-7H2,2-5H3. The van der Waals surface area contributed by atoms with E-state index in [0.29, 0.717) is 5.25 Å². The lowest BCUT2D eigenvalue weighted by Crippen LogP contribution is -2.20. The van der Waals surface area contributed by atoms with Gasteiger partial charge in [-0.05, 0) is 19.6 Å². The maximum Gasteiger partial charge on any atom is 0.0443 e. The Bertz CT molecular complexity index is 85.7. The summed E-state index contributed by atoms with van der Waals surface area (Å²) in [5.74, 6) is 0. The highest BCUT2D eigenvalue weighted by Crippen LogP contribution is 2.18. The van der Waals surface area contributed by atoms with Crippen molar-refractivity contribution < 1.29 is 0 Å². The van der Waals surface area contributed by atoms with Gasteiger partial charge in [-0.15, -0.1) is 0 Å². The summed E-state index contributed by atoms with van der Waals surface area (Å²) < 4.78 is 0. The quantitative estimate of drug-likeness (QED) is 0.591. The van der Waals surface area contributed by atoms with Crippen LogP contribution < -0.4 is 0 Å². The van der Waals surface area contributed by atoms with Gasteiger partial charge in [-0.3, -0.25) is 0 Å². The minimum atomic E-state index is -0.790. The van der Waals surface area contributed by atoms with Crippen LogP contribution in [0.3, 0.4) is 0 Å². The third-order valence-electron chi connectivity index (χ3n) is 1.55. The Balaban J connectivity index is 3.36. The molecule has 1 unspecified atom stereocenters. The molecule has 2 heteroatoms. The van der Waals surface area contributed by atoms with Crippen molar-refractivity contribution in [2.45, 2.75) is 37.4 Å². The van der Waals surface area contributed by atoms with Crippen LogP contribution >= 0.6 is 11.8 Å². The second kappa shape index (κ2) is 4.45. The average molecular weight is 175 g/mol. The first-order valence-electron chi connectivity index (χ1n) is 3.81. The maximum absolute atomic E-state index is 4.04. The van der Waals surface area contributed by atoms with Crippen molar-refractivity contribution in [1.29, 1.82) is 0 Å². The largest absolute Gasteiger partial charge is 0.162 e. The summed E-state index contributed by atoms with van der Waals surface area (Å²) in [5.41, 5.74) is 0. The predicted octanol–water partition coefficient (Wildman–Crippen LogP) is 3.28. The molecule has 0 amide bonds. The monoisotopic (exact) mass is 175 g/mol. The minimum Gasteiger partial charge on any atom is -0.162 e. The molecule has 0 bridgehead atoms. The fourth-order valence-corrected chi connectivity index (χ4v) is 2.49. The third-order valence-corrected chi connectivity index (χ3v) is 4.24. The van der Waals surface area contributed by atoms with Crippen LogP contribution in [0.15, 0.2) is 0 Å². The van der Waals surface area contributed by atoms with Crippen LogP contribution in [0, 0.1) is 6.92 Å². The summed E-state index contributed by atoms with van der Waals surface area (Å²) in [5, 5.41) is 0.617. The molecule has 0 aliphatic carbocycles. The van der Waals surface area contributed by atoms with E-state index in [9.17, 15) is 0 Å². The Morgan fingerprint density at radius 2 is 1.90 bits per heavy atom. The number of rotatable bonds is 4. The highest BCUT2D eigenvalue weighted by atomic mass is 32.2. The molecule has 0 aromatic carbocycles. The van der Waals surface area contributed by atoms with Crippen molar-refractivity contribution in [3.8, 4) is 0 Å². The second-order valence-corrected chi connectivity index (χ2v) is 10.7. The van der Waals surface area contributed by atoms with Crippen molar-refractivity contribution in [2.75, 3.05) is 6.26 Å². The first kappa shape index (κ1) is 10.6. The Morgan fingerprint density at radius 1 is 1.40 bits per heavy atom. The van der Waals surface area contributed by atoms with Crippen molar-refractivity contribution >= 4 is 19.8 Å². The van der Waals surface area contributed by atoms with Crippen molar-refractivity contribution in [1.82, 2.24) is 0 Å². The van der Waals surface area contributed by atoms with Gasteiger partial charge in [0.2, 0.25) is 0 Å². The first-order chi connectivity index (χ1) is 4.45. The lowest BCUT2D eigenvalue weighted by atomic mass is 10.4. The van der Waals surface area contributed by atoms with Crippen LogP contribution in [-0.4, -0.2) is 19.6 Å². The lowest BCUT2D eigenvalue weighted by molar-refractivity contribution is 0.951. The minimum absolute atomic E-state index is 0.617. The van der Waals surface area contributed by atoms with E-state index in [1.54, 1.807) is 0 Å². The molecular weight excluding hydrogens is 156 g/mol. The van der Waals surface area contributed by atoms with E-state index in [-0.39, 0.29) is 0 Å². The van der Waals surface area contributed by atoms with E-state index in [2.05, 4.69) is 32.8 Å². The fourth-order valence-electron chi connectivity index (χ4n) is 0.712. The zero-order valence-corrected chi connectivity index (χ0v) is 9.42. The highest BCUT2D eigenvalue weighted by Gasteiger charge is 2.13. The number of hydrogen-bond donors (Lipinski definition) is 0. The van der Waals surface area contributed by atoms with E-state index < -0.39 is 8.07 Å². The zero-order chi connectivity index (χ0) is 8.20. The molecule has 0 aromatic heterocycles. The summed E-state index contributed by atoms with van der Waals surface area (Å²) in [6.07, 6.45) is 3.44. The Morgan fingerprint density at radius 3 is 2.20 bits per heavy atom. The molecule has 10 heavy (non-hydrogen) atoms. The van der Waals surface area contributed by atoms with Crippen LogP contribution in [0.5, 0.6) is 0 Å². The van der Waals surface area contributed by atoms with E-state index in [4.69, 9.17) is 0 Å². The van der Waals surface area contributed by atoms with Gasteiger partial charge < -0.3 is 0 Å². The molecule has 1 atom stereocenters. The lowest BCUT2D eigenvalue weighted by Gasteiger charge is -2.17. The molecule has 0 aromatic rings. The molecule has 0 aliphatic rings. The molecular formula is C8H19SSi. The van der Waals surface area contributed by atoms with Crippen molar-refractivity contribution in [2.24, 2.45) is 0 Å². The van der Waals surface area contributed by atoms with Gasteiger partial charge in [-0.2, -0.15) is 11.8 Å². The van der Waals surface area contributed by atoms with E-state index >= 15 is 0 Å². The van der Waals surface area contributed by atoms with Crippen molar-refractivity contribution in [3.63, 3.8) is 0 Å². The molecule has 61 valence electrons. The van der Waals surface area contributed by atoms with Crippen molar-refractivity contribution in [3.05, 3.63) is 6.92 Å². The van der Waals surface area contributed by atoms with Crippen LogP contribution in [0.25, 0.3) is 0 Å². The second-order valence-electron chi connectivity index (χ2n) is 3.96. The fraction of sp³-hybridized carbons (Fsp3) is 0.875. The Labute approximate surface area is 70.8 Å². The number of hydrogen-bond acceptors (Lipinski definition) is 1. The van der Waals surface area contributed by atoms with Crippen LogP contribution in [0.1, 0.15) is 6.42 Å². The molecule has 0 spiro atoms. The smallest absolute Gasteiger partial charge is 0.0443 e. The van der Waals surface area contributed by atoms with Crippen LogP contribution in [0.4, 0.5) is 0 Å². The van der Waals surface area contributed by atoms with Gasteiger partial charge in [0.05, 0.1) is 0 Å². The van der Waals surface area contributed by atoms with Gasteiger partial charge >= 0.3 is 0 Å². The van der Waals surface area contributed by atoms with Gasteiger partial charge in [-0.1, -0.05) is 25.7 Å². The summed E-state index contributed by atoms with van der Waals surface area (Å²) in [6.45, 7) is 11.3. The van der Waals surface area contributed by atoms with Crippen LogP contribution in [0.2, 0.25) is 25.7 Å². The molecule has 1 radical (unpaired) electrons. The van der Waals surface area contributed by atoms with Gasteiger partial charge in [-0.25, -0.2) is 0 Å². The van der Waals surface area contributed by atoms with E-state index in [1.807, 2.05) is 11.8 Å². The highest BCUT2D eigenvalue weighted by molar-refractivity contribution is 7.99. The predicted molar refractivity (Wildman–Crippen MR) is 55.4 cm³/mol. The van der Waals surface area contributed by atoms with Gasteiger partial charge in [0, 0.05) is 13.3 Å². The van der Waals surface area contributed by atoms with Crippen LogP contribution in [-0.2, 0) is 0 Å². The Kier molecular flexibility index (Phi) is 4.70. The molecule has 0 heterocycles. The topological polar surface area (TPSA) is 0 Å². The Hall–Kier alpha value is 0.567. The van der Waals surface area contributed by atoms with Gasteiger partial charge in [0.25, 0.3) is 0 Å². The molecule has 0 saturated heterocycles. The number of thioether (sulfide) groups is 1. The average Bonchev–Trinajstić information content (AvgIpc) is 1.81. The molecule has 0 nitrogen and oxygen atoms in total. The third kappa shape index (κ3) is 6.68. The normalized spacial score (nSPS) is 15.3. The zero-order valence-electron chi connectivity index (χ0n) is 7.61. The van der Waals surface area contributed by atoms with E-state index in [1.165, 1.54) is 12.5 Å². The van der Waals surface area contributed by atoms with Gasteiger partial charge in [0.15, 0.2) is 0 Å². The molecule has 0 fully saturated rings. The van der Waals surface area contributed by atoms with Gasteiger partial charge in [0.1, 0.15) is 0 Å². The summed E-state index contributed by atoms with van der Waals surface area (Å²) in [4.78, 5) is 0. The first-order valence-corrected chi connectivity index (χ1v) is 8.81.